The van der Waals surface area contributed by atoms with Crippen LogP contribution in [0.15, 0.2) is 24.3 Å². The van der Waals surface area contributed by atoms with Crippen LogP contribution in [-0.4, -0.2) is 63.3 Å². The molecule has 24 heavy (non-hydrogen) atoms. The molecule has 1 saturated heterocycles. The first-order chi connectivity index (χ1) is 11.3. The van der Waals surface area contributed by atoms with Crippen LogP contribution in [0, 0.1) is 0 Å². The fraction of sp³-hybridized carbons (Fsp3) is 0.429. The minimum absolute atomic E-state index is 0.0618. The normalized spacial score (nSPS) is 15.7. The van der Waals surface area contributed by atoms with Crippen molar-refractivity contribution in [2.75, 3.05) is 33.2 Å². The first-order valence-electron chi connectivity index (χ1n) is 7.29. The summed E-state index contributed by atoms with van der Waals surface area (Å²) in [6.07, 6.45) is 0. The average Bonchev–Trinajstić information content (AvgIpc) is 2.56. The Morgan fingerprint density at radius 1 is 1.25 bits per heavy atom. The number of carbonyl (C=O) groups excluding carboxylic acids is 2. The molecule has 0 bridgehead atoms. The number of amides is 2. The van der Waals surface area contributed by atoms with Crippen LogP contribution in [-0.2, 0) is 26.3 Å². The molecule has 0 radical (unpaired) electrons. The maximum atomic E-state index is 12.2. The highest BCUT2D eigenvalue weighted by molar-refractivity contribution is 7.87. The van der Waals surface area contributed by atoms with Crippen molar-refractivity contribution < 1.29 is 18.0 Å². The van der Waals surface area contributed by atoms with Crippen molar-refractivity contribution in [2.45, 2.75) is 6.54 Å². The summed E-state index contributed by atoms with van der Waals surface area (Å²) in [5.74, 6) is -0.616. The second-order valence-corrected chi connectivity index (χ2v) is 7.43. The number of carbonyl (C=O) groups is 2. The molecule has 1 aromatic carbocycles. The summed E-state index contributed by atoms with van der Waals surface area (Å²) in [5.41, 5.74) is 0.953. The van der Waals surface area contributed by atoms with Crippen molar-refractivity contribution in [3.63, 3.8) is 0 Å². The minimum atomic E-state index is -3.68. The molecular formula is C14H19ClN4O4S. The van der Waals surface area contributed by atoms with Gasteiger partial charge in [0.25, 0.3) is 10.2 Å². The van der Waals surface area contributed by atoms with Gasteiger partial charge in [-0.1, -0.05) is 23.7 Å². The maximum absolute atomic E-state index is 12.2. The predicted molar refractivity (Wildman–Crippen MR) is 89.4 cm³/mol. The summed E-state index contributed by atoms with van der Waals surface area (Å²) in [4.78, 5) is 27.2. The summed E-state index contributed by atoms with van der Waals surface area (Å²) < 4.78 is 26.7. The van der Waals surface area contributed by atoms with Crippen LogP contribution in [0.2, 0.25) is 5.02 Å². The van der Waals surface area contributed by atoms with E-state index in [4.69, 9.17) is 11.6 Å². The molecule has 0 aromatic heterocycles. The number of nitrogens with one attached hydrogen (secondary N) is 2. The van der Waals surface area contributed by atoms with Crippen LogP contribution >= 0.6 is 11.6 Å². The Bertz CT molecular complexity index is 708. The third kappa shape index (κ3) is 5.17. The molecule has 0 aliphatic carbocycles. The Balaban J connectivity index is 1.87. The Morgan fingerprint density at radius 3 is 2.50 bits per heavy atom. The quantitative estimate of drug-likeness (QED) is 0.705. The molecule has 0 saturated carbocycles. The summed E-state index contributed by atoms with van der Waals surface area (Å²) >= 11 is 5.83. The number of rotatable bonds is 6. The summed E-state index contributed by atoms with van der Waals surface area (Å²) in [6, 6.07) is 7.21. The number of hydrogen-bond acceptors (Lipinski definition) is 4. The van der Waals surface area contributed by atoms with Gasteiger partial charge in [0.2, 0.25) is 11.8 Å². The smallest absolute Gasteiger partial charge is 0.277 e. The number of halogens is 1. The molecule has 1 aliphatic heterocycles. The molecule has 2 rings (SSSR count). The van der Waals surface area contributed by atoms with Crippen molar-refractivity contribution in [3.8, 4) is 0 Å². The minimum Gasteiger partial charge on any atom is -0.335 e. The van der Waals surface area contributed by atoms with Gasteiger partial charge < -0.3 is 9.80 Å². The topological polar surface area (TPSA) is 98.8 Å². The van der Waals surface area contributed by atoms with Crippen LogP contribution in [0.25, 0.3) is 0 Å². The molecule has 10 heteroatoms. The molecule has 8 nitrogen and oxygen atoms in total. The van der Waals surface area contributed by atoms with Crippen molar-refractivity contribution in [2.24, 2.45) is 0 Å². The van der Waals surface area contributed by atoms with Gasteiger partial charge in [-0.3, -0.25) is 9.59 Å². The molecule has 1 heterocycles. The van der Waals surface area contributed by atoms with Crippen LogP contribution in [0.5, 0.6) is 0 Å². The highest BCUT2D eigenvalue weighted by Crippen LogP contribution is 2.13. The van der Waals surface area contributed by atoms with Gasteiger partial charge in [0.05, 0.1) is 13.1 Å². The standard InChI is InChI=1S/C14H19ClN4O4S/c1-16-24(22,23)17-8-13(20)19-7-6-18(14(21)10-19)9-11-2-4-12(15)5-3-11/h2-5,16-17H,6-10H2,1H3. The van der Waals surface area contributed by atoms with E-state index in [0.717, 1.165) is 5.56 Å². The van der Waals surface area contributed by atoms with Gasteiger partial charge in [-0.2, -0.15) is 13.1 Å². The van der Waals surface area contributed by atoms with Gasteiger partial charge in [0.1, 0.15) is 0 Å². The van der Waals surface area contributed by atoms with Gasteiger partial charge >= 0.3 is 0 Å². The van der Waals surface area contributed by atoms with Crippen molar-refractivity contribution in [1.29, 1.82) is 0 Å². The van der Waals surface area contributed by atoms with Gasteiger partial charge in [-0.15, -0.1) is 0 Å². The molecule has 1 aromatic rings. The maximum Gasteiger partial charge on any atom is 0.277 e. The Kier molecular flexibility index (Phi) is 6.16. The molecule has 0 atom stereocenters. The lowest BCUT2D eigenvalue weighted by Crippen LogP contribution is -2.54. The van der Waals surface area contributed by atoms with Crippen molar-refractivity contribution in [3.05, 3.63) is 34.9 Å². The van der Waals surface area contributed by atoms with E-state index < -0.39 is 16.1 Å². The second kappa shape index (κ2) is 7.93. The lowest BCUT2D eigenvalue weighted by atomic mass is 10.2. The number of piperazine rings is 1. The third-order valence-corrected chi connectivity index (χ3v) is 4.95. The van der Waals surface area contributed by atoms with Crippen LogP contribution in [0.3, 0.4) is 0 Å². The van der Waals surface area contributed by atoms with Crippen LogP contribution < -0.4 is 9.44 Å². The van der Waals surface area contributed by atoms with Gasteiger partial charge in [-0.05, 0) is 17.7 Å². The van der Waals surface area contributed by atoms with E-state index in [-0.39, 0.29) is 19.0 Å². The van der Waals surface area contributed by atoms with E-state index in [9.17, 15) is 18.0 Å². The Morgan fingerprint density at radius 2 is 1.92 bits per heavy atom. The SMILES string of the molecule is CNS(=O)(=O)NCC(=O)N1CCN(Cc2ccc(Cl)cc2)C(=O)C1. The highest BCUT2D eigenvalue weighted by Gasteiger charge is 2.27. The van der Waals surface area contributed by atoms with Crippen LogP contribution in [0.4, 0.5) is 0 Å². The molecule has 2 N–H and O–H groups in total. The van der Waals surface area contributed by atoms with Crippen molar-refractivity contribution in [1.82, 2.24) is 19.2 Å². The fourth-order valence-corrected chi connectivity index (χ4v) is 2.82. The molecule has 132 valence electrons. The zero-order valence-electron chi connectivity index (χ0n) is 13.2. The first-order valence-corrected chi connectivity index (χ1v) is 9.15. The lowest BCUT2D eigenvalue weighted by Gasteiger charge is -2.34. The van der Waals surface area contributed by atoms with E-state index >= 15 is 0 Å². The van der Waals surface area contributed by atoms with Crippen LogP contribution in [0.1, 0.15) is 5.56 Å². The average molecular weight is 375 g/mol. The molecule has 1 fully saturated rings. The van der Waals surface area contributed by atoms with E-state index in [2.05, 4.69) is 9.44 Å². The second-order valence-electron chi connectivity index (χ2n) is 5.29. The molecule has 0 spiro atoms. The lowest BCUT2D eigenvalue weighted by molar-refractivity contribution is -0.145. The van der Waals surface area contributed by atoms with Crippen molar-refractivity contribution >= 4 is 33.6 Å². The number of nitrogens with zero attached hydrogens (tertiary/aromatic N) is 2. The number of hydrogen-bond donors (Lipinski definition) is 2. The van der Waals surface area contributed by atoms with E-state index in [1.807, 2.05) is 12.1 Å². The predicted octanol–water partition coefficient (Wildman–Crippen LogP) is -0.435. The van der Waals surface area contributed by atoms with Gasteiger partial charge in [0.15, 0.2) is 0 Å². The summed E-state index contributed by atoms with van der Waals surface area (Å²) in [5, 5.41) is 0.629. The summed E-state index contributed by atoms with van der Waals surface area (Å²) in [6.45, 7) is 0.761. The molecule has 1 aliphatic rings. The zero-order valence-corrected chi connectivity index (χ0v) is 14.7. The third-order valence-electron chi connectivity index (χ3n) is 3.64. The zero-order chi connectivity index (χ0) is 17.7. The largest absolute Gasteiger partial charge is 0.335 e. The monoisotopic (exact) mass is 374 g/mol. The van der Waals surface area contributed by atoms with E-state index in [1.165, 1.54) is 11.9 Å². The fourth-order valence-electron chi connectivity index (χ4n) is 2.24. The molecule has 0 unspecified atom stereocenters. The van der Waals surface area contributed by atoms with E-state index in [0.29, 0.717) is 24.7 Å². The Hall–Kier alpha value is -1.68. The summed E-state index contributed by atoms with van der Waals surface area (Å²) in [7, 11) is -2.43. The Labute approximate surface area is 145 Å². The number of benzene rings is 1. The molecule has 2 amide bonds. The first kappa shape index (κ1) is 18.7. The van der Waals surface area contributed by atoms with Gasteiger partial charge in [-0.25, -0.2) is 4.72 Å². The highest BCUT2D eigenvalue weighted by atomic mass is 35.5. The van der Waals surface area contributed by atoms with E-state index in [1.54, 1.807) is 17.0 Å². The van der Waals surface area contributed by atoms with Gasteiger partial charge in [0, 0.05) is 31.7 Å². The molecular weight excluding hydrogens is 356 g/mol.